The summed E-state index contributed by atoms with van der Waals surface area (Å²) in [6.45, 7) is 12.9. The molecule has 2 N–H and O–H groups in total. The van der Waals surface area contributed by atoms with E-state index in [1.807, 2.05) is 48.7 Å². The molecule has 9 nitrogen and oxygen atoms in total. The van der Waals surface area contributed by atoms with E-state index in [4.69, 9.17) is 9.84 Å². The number of piperidine rings is 1. The first-order valence-corrected chi connectivity index (χ1v) is 14.1. The first-order chi connectivity index (χ1) is 19.0. The van der Waals surface area contributed by atoms with E-state index in [0.717, 1.165) is 68.7 Å². The molecule has 9 heteroatoms. The molecule has 5 rings (SSSR count). The number of hydrogen-bond donors (Lipinski definition) is 2. The van der Waals surface area contributed by atoms with E-state index in [1.54, 1.807) is 24.3 Å². The lowest BCUT2D eigenvalue weighted by atomic mass is 9.96. The van der Waals surface area contributed by atoms with Crippen LogP contribution in [0.1, 0.15) is 53.0 Å². The van der Waals surface area contributed by atoms with E-state index in [2.05, 4.69) is 10.2 Å². The van der Waals surface area contributed by atoms with Gasteiger partial charge in [0.1, 0.15) is 5.75 Å². The van der Waals surface area contributed by atoms with E-state index in [-0.39, 0.29) is 17.6 Å². The molecule has 2 amide bonds. The summed E-state index contributed by atoms with van der Waals surface area (Å²) in [6, 6.07) is 10.4. The number of amides is 2. The Kier molecular flexibility index (Phi) is 9.95. The van der Waals surface area contributed by atoms with Gasteiger partial charge in [0.25, 0.3) is 11.8 Å². The van der Waals surface area contributed by atoms with Crippen LogP contribution in [0.2, 0.25) is 0 Å². The average molecular weight is 536 g/mol. The average Bonchev–Trinajstić information content (AvgIpc) is 3.35. The number of rotatable bonds is 7. The zero-order valence-electron chi connectivity index (χ0n) is 23.4. The van der Waals surface area contributed by atoms with E-state index < -0.39 is 0 Å². The minimum Gasteiger partial charge on any atom is -0.508 e. The van der Waals surface area contributed by atoms with Crippen molar-refractivity contribution in [2.75, 3.05) is 52.5 Å². The number of morpholine rings is 1. The van der Waals surface area contributed by atoms with Crippen LogP contribution in [0, 0.1) is 12.8 Å². The molecule has 0 atom stereocenters. The van der Waals surface area contributed by atoms with Crippen LogP contribution in [-0.2, 0) is 11.3 Å². The van der Waals surface area contributed by atoms with Crippen molar-refractivity contribution in [2.45, 2.75) is 40.2 Å². The Hall–Kier alpha value is -3.43. The summed E-state index contributed by atoms with van der Waals surface area (Å²) in [5.74, 6) is 0.552. The molecule has 0 unspecified atom stereocenters. The Morgan fingerprint density at radius 2 is 1.74 bits per heavy atom. The first-order valence-electron chi connectivity index (χ1n) is 14.1. The molecule has 2 aromatic carbocycles. The molecule has 0 radical (unpaired) electrons. The predicted molar refractivity (Wildman–Crippen MR) is 152 cm³/mol. The maximum atomic E-state index is 12.9. The number of phenols is 1. The number of fused-ring (bicyclic) bond motifs is 1. The number of carbonyl (C=O) groups excluding carboxylic acids is 2. The zero-order chi connectivity index (χ0) is 27.8. The van der Waals surface area contributed by atoms with Gasteiger partial charge >= 0.3 is 0 Å². The summed E-state index contributed by atoms with van der Waals surface area (Å²) in [7, 11) is 0. The van der Waals surface area contributed by atoms with Crippen molar-refractivity contribution in [3.05, 3.63) is 59.3 Å². The van der Waals surface area contributed by atoms with Crippen LogP contribution in [0.15, 0.2) is 42.6 Å². The summed E-state index contributed by atoms with van der Waals surface area (Å²) in [4.78, 5) is 29.8. The second-order valence-electron chi connectivity index (χ2n) is 10.1. The van der Waals surface area contributed by atoms with Gasteiger partial charge in [-0.25, -0.2) is 0 Å². The molecule has 2 aliphatic rings. The fourth-order valence-corrected chi connectivity index (χ4v) is 5.18. The van der Waals surface area contributed by atoms with Crippen LogP contribution >= 0.6 is 0 Å². The molecule has 0 aliphatic carbocycles. The molecule has 2 saturated heterocycles. The molecule has 210 valence electrons. The van der Waals surface area contributed by atoms with Gasteiger partial charge in [0.2, 0.25) is 0 Å². The third-order valence-corrected chi connectivity index (χ3v) is 7.42. The van der Waals surface area contributed by atoms with Gasteiger partial charge in [0.05, 0.1) is 18.7 Å². The second kappa shape index (κ2) is 13.6. The molecule has 2 aliphatic heterocycles. The van der Waals surface area contributed by atoms with Gasteiger partial charge in [0, 0.05) is 68.5 Å². The van der Waals surface area contributed by atoms with Crippen LogP contribution in [0.4, 0.5) is 0 Å². The zero-order valence-corrected chi connectivity index (χ0v) is 23.4. The maximum Gasteiger partial charge on any atom is 0.253 e. The highest BCUT2D eigenvalue weighted by molar-refractivity contribution is 5.99. The van der Waals surface area contributed by atoms with E-state index in [0.29, 0.717) is 36.7 Å². The van der Waals surface area contributed by atoms with Crippen LogP contribution in [0.5, 0.6) is 5.75 Å². The lowest BCUT2D eigenvalue weighted by Gasteiger charge is -2.32. The monoisotopic (exact) mass is 535 g/mol. The Morgan fingerprint density at radius 1 is 1.05 bits per heavy atom. The summed E-state index contributed by atoms with van der Waals surface area (Å²) in [5, 5.41) is 18.2. The van der Waals surface area contributed by atoms with Crippen LogP contribution < -0.4 is 5.32 Å². The molecule has 0 spiro atoms. The molecule has 3 aromatic rings. The van der Waals surface area contributed by atoms with Gasteiger partial charge in [-0.3, -0.25) is 19.2 Å². The van der Waals surface area contributed by atoms with Crippen molar-refractivity contribution in [1.29, 1.82) is 0 Å². The third-order valence-electron chi connectivity index (χ3n) is 7.42. The Balaban J connectivity index is 0.00000172. The molecule has 39 heavy (non-hydrogen) atoms. The fraction of sp³-hybridized carbons (Fsp3) is 0.500. The minimum atomic E-state index is -0.0499. The number of hydrogen-bond acceptors (Lipinski definition) is 6. The van der Waals surface area contributed by atoms with Crippen molar-refractivity contribution in [3.63, 3.8) is 0 Å². The van der Waals surface area contributed by atoms with Gasteiger partial charge in [-0.1, -0.05) is 13.8 Å². The quantitative estimate of drug-likeness (QED) is 0.479. The van der Waals surface area contributed by atoms with Crippen LogP contribution in [0.3, 0.4) is 0 Å². The molecule has 3 heterocycles. The highest BCUT2D eigenvalue weighted by Crippen LogP contribution is 2.24. The number of phenolic OH excluding ortho intramolecular Hbond substituents is 1. The van der Waals surface area contributed by atoms with Crippen molar-refractivity contribution in [3.8, 4) is 5.75 Å². The highest BCUT2D eigenvalue weighted by atomic mass is 16.5. The summed E-state index contributed by atoms with van der Waals surface area (Å²) >= 11 is 0. The van der Waals surface area contributed by atoms with Crippen LogP contribution in [-0.4, -0.2) is 89.0 Å². The predicted octanol–water partition coefficient (Wildman–Crippen LogP) is 3.69. The van der Waals surface area contributed by atoms with Crippen molar-refractivity contribution in [2.24, 2.45) is 5.92 Å². The number of benzene rings is 2. The molecule has 0 saturated carbocycles. The van der Waals surface area contributed by atoms with Crippen LogP contribution in [0.25, 0.3) is 10.9 Å². The lowest BCUT2D eigenvalue weighted by Crippen LogP contribution is -2.41. The van der Waals surface area contributed by atoms with Gasteiger partial charge in [-0.15, -0.1) is 0 Å². The van der Waals surface area contributed by atoms with E-state index in [1.165, 1.54) is 0 Å². The topological polar surface area (TPSA) is 99.9 Å². The standard InChI is InChI=1S/C28H35N5O4.C2H6/c1-20-16-26-23(17-25(20)27(35)29-8-11-31-12-14-37-15-13-31)19-33(30-26)18-21-6-9-32(10-7-21)28(36)22-2-4-24(34)5-3-22;1-2/h2-5,16-17,19,21,34H,6-15,18H2,1H3,(H,29,35);1-2H3. The van der Waals surface area contributed by atoms with E-state index in [9.17, 15) is 14.7 Å². The Morgan fingerprint density at radius 3 is 2.44 bits per heavy atom. The number of nitrogens with one attached hydrogen (secondary N) is 1. The van der Waals surface area contributed by atoms with Gasteiger partial charge in [-0.05, 0) is 67.6 Å². The van der Waals surface area contributed by atoms with Crippen molar-refractivity contribution >= 4 is 22.7 Å². The summed E-state index contributed by atoms with van der Waals surface area (Å²) < 4.78 is 7.36. The smallest absolute Gasteiger partial charge is 0.253 e. The summed E-state index contributed by atoms with van der Waals surface area (Å²) in [5.41, 5.74) is 3.10. The Labute approximate surface area is 230 Å². The number of nitrogens with zero attached hydrogens (tertiary/aromatic N) is 4. The summed E-state index contributed by atoms with van der Waals surface area (Å²) in [6.07, 6.45) is 3.85. The Bertz CT molecular complexity index is 1240. The van der Waals surface area contributed by atoms with Gasteiger partial charge in [-0.2, -0.15) is 5.10 Å². The maximum absolute atomic E-state index is 12.9. The first kappa shape index (κ1) is 28.6. The third kappa shape index (κ3) is 7.36. The number of aromatic nitrogens is 2. The molecular weight excluding hydrogens is 494 g/mol. The largest absolute Gasteiger partial charge is 0.508 e. The minimum absolute atomic E-state index is 0.00880. The number of likely N-dealkylation sites (tertiary alicyclic amines) is 1. The SMILES string of the molecule is CC.Cc1cc2nn(CC3CCN(C(=O)c4ccc(O)cc4)CC3)cc2cc1C(=O)NCCN1CCOCC1. The molecule has 2 fully saturated rings. The molecular formula is C30H41N5O4. The number of aromatic hydroxyl groups is 1. The lowest BCUT2D eigenvalue weighted by molar-refractivity contribution is 0.0383. The highest BCUT2D eigenvalue weighted by Gasteiger charge is 2.24. The fourth-order valence-electron chi connectivity index (χ4n) is 5.18. The number of aryl methyl sites for hydroxylation is 1. The number of ether oxygens (including phenoxy) is 1. The van der Waals surface area contributed by atoms with Gasteiger partial charge in [0.15, 0.2) is 0 Å². The van der Waals surface area contributed by atoms with Crippen molar-refractivity contribution < 1.29 is 19.4 Å². The van der Waals surface area contributed by atoms with Crippen molar-refractivity contribution in [1.82, 2.24) is 24.9 Å². The van der Waals surface area contributed by atoms with E-state index >= 15 is 0 Å². The number of carbonyl (C=O) groups is 2. The molecule has 0 bridgehead atoms. The molecule has 1 aromatic heterocycles. The normalized spacial score (nSPS) is 16.5. The van der Waals surface area contributed by atoms with Gasteiger partial charge < -0.3 is 20.1 Å². The second-order valence-corrected chi connectivity index (χ2v) is 10.1.